The van der Waals surface area contributed by atoms with Crippen molar-refractivity contribution in [3.8, 4) is 0 Å². The summed E-state index contributed by atoms with van der Waals surface area (Å²) in [6.07, 6.45) is 4.55. The van der Waals surface area contributed by atoms with Crippen LogP contribution in [0, 0.1) is 11.8 Å². The largest absolute Gasteiger partial charge is 0.444 e. The number of nitrogens with zero attached hydrogens (tertiary/aromatic N) is 2. The molecule has 20 heavy (non-hydrogen) atoms. The van der Waals surface area contributed by atoms with Gasteiger partial charge in [0.25, 0.3) is 0 Å². The molecular formula is C15H25N3O2. The van der Waals surface area contributed by atoms with Gasteiger partial charge in [0.05, 0.1) is 24.3 Å². The predicted octanol–water partition coefficient (Wildman–Crippen LogP) is 3.12. The molecule has 1 amide bonds. The molecule has 2 unspecified atom stereocenters. The molecule has 1 aromatic rings. The third kappa shape index (κ3) is 3.99. The molecule has 1 aliphatic carbocycles. The Labute approximate surface area is 120 Å². The Kier molecular flexibility index (Phi) is 4.06. The van der Waals surface area contributed by atoms with E-state index in [2.05, 4.69) is 21.8 Å². The van der Waals surface area contributed by atoms with E-state index in [9.17, 15) is 4.79 Å². The van der Waals surface area contributed by atoms with Crippen molar-refractivity contribution < 1.29 is 9.53 Å². The number of alkyl carbamates (subject to hydrolysis) is 1. The molecule has 5 nitrogen and oxygen atoms in total. The molecule has 0 aromatic carbocycles. The zero-order chi connectivity index (χ0) is 14.9. The molecule has 1 N–H and O–H groups in total. The van der Waals surface area contributed by atoms with E-state index < -0.39 is 11.7 Å². The zero-order valence-electron chi connectivity index (χ0n) is 13.0. The van der Waals surface area contributed by atoms with Gasteiger partial charge in [0, 0.05) is 6.54 Å². The van der Waals surface area contributed by atoms with E-state index in [1.54, 1.807) is 0 Å². The van der Waals surface area contributed by atoms with E-state index in [-0.39, 0.29) is 6.04 Å². The van der Waals surface area contributed by atoms with Crippen molar-refractivity contribution in [1.82, 2.24) is 14.9 Å². The Morgan fingerprint density at radius 3 is 2.80 bits per heavy atom. The van der Waals surface area contributed by atoms with Gasteiger partial charge >= 0.3 is 6.09 Å². The van der Waals surface area contributed by atoms with E-state index in [1.165, 1.54) is 6.42 Å². The molecule has 2 rings (SSSR count). The Hall–Kier alpha value is -1.52. The molecule has 1 aromatic heterocycles. The van der Waals surface area contributed by atoms with Crippen molar-refractivity contribution >= 4 is 6.09 Å². The minimum absolute atomic E-state index is 0.110. The Morgan fingerprint density at radius 1 is 1.60 bits per heavy atom. The Balaban J connectivity index is 1.93. The number of hydrogen-bond acceptors (Lipinski definition) is 3. The fraction of sp³-hybridized carbons (Fsp3) is 0.733. The monoisotopic (exact) mass is 279 g/mol. The predicted molar refractivity (Wildman–Crippen MR) is 77.3 cm³/mol. The first-order valence-corrected chi connectivity index (χ1v) is 7.26. The summed E-state index contributed by atoms with van der Waals surface area (Å²) in [5.41, 5.74) is 0.544. The number of rotatable bonds is 4. The van der Waals surface area contributed by atoms with Crippen LogP contribution in [-0.4, -0.2) is 21.2 Å². The summed E-state index contributed by atoms with van der Waals surface area (Å²) in [7, 11) is 0. The number of nitrogens with one attached hydrogen (secondary N) is 1. The van der Waals surface area contributed by atoms with Gasteiger partial charge < -0.3 is 14.6 Å². The fourth-order valence-electron chi connectivity index (χ4n) is 2.31. The van der Waals surface area contributed by atoms with Crippen molar-refractivity contribution in [2.45, 2.75) is 59.2 Å². The summed E-state index contributed by atoms with van der Waals surface area (Å²) >= 11 is 0. The van der Waals surface area contributed by atoms with E-state index in [0.29, 0.717) is 0 Å². The third-order valence-corrected chi connectivity index (χ3v) is 3.63. The number of ether oxygens (including phenoxy) is 1. The first-order chi connectivity index (χ1) is 9.26. The molecule has 0 bridgehead atoms. The van der Waals surface area contributed by atoms with Crippen LogP contribution in [0.15, 0.2) is 12.5 Å². The maximum absolute atomic E-state index is 11.8. The second kappa shape index (κ2) is 5.46. The average Bonchev–Trinajstić information content (AvgIpc) is 2.80. The summed E-state index contributed by atoms with van der Waals surface area (Å²) in [4.78, 5) is 16.0. The molecular weight excluding hydrogens is 254 g/mol. The molecule has 1 aliphatic rings. The molecule has 5 heteroatoms. The molecule has 0 spiro atoms. The van der Waals surface area contributed by atoms with E-state index >= 15 is 0 Å². The third-order valence-electron chi connectivity index (χ3n) is 3.63. The number of amides is 1. The highest BCUT2D eigenvalue weighted by atomic mass is 16.6. The first-order valence-electron chi connectivity index (χ1n) is 7.26. The van der Waals surface area contributed by atoms with E-state index in [0.717, 1.165) is 24.1 Å². The highest BCUT2D eigenvalue weighted by molar-refractivity contribution is 5.68. The lowest BCUT2D eigenvalue weighted by Gasteiger charge is -2.22. The van der Waals surface area contributed by atoms with Crippen LogP contribution < -0.4 is 5.32 Å². The van der Waals surface area contributed by atoms with Gasteiger partial charge in [-0.3, -0.25) is 0 Å². The van der Waals surface area contributed by atoms with E-state index in [4.69, 9.17) is 4.74 Å². The van der Waals surface area contributed by atoms with Gasteiger partial charge in [0.2, 0.25) is 0 Å². The van der Waals surface area contributed by atoms with Crippen LogP contribution in [0.25, 0.3) is 0 Å². The summed E-state index contributed by atoms with van der Waals surface area (Å²) in [5.74, 6) is 1.55. The Morgan fingerprint density at radius 2 is 2.25 bits per heavy atom. The zero-order valence-corrected chi connectivity index (χ0v) is 13.0. The Bertz CT molecular complexity index is 476. The molecule has 0 radical (unpaired) electrons. The minimum Gasteiger partial charge on any atom is -0.444 e. The summed E-state index contributed by atoms with van der Waals surface area (Å²) in [6.45, 7) is 10.8. The van der Waals surface area contributed by atoms with Crippen LogP contribution in [0.2, 0.25) is 0 Å². The lowest BCUT2D eigenvalue weighted by Crippen LogP contribution is -2.34. The maximum Gasteiger partial charge on any atom is 0.408 e. The van der Waals surface area contributed by atoms with Crippen molar-refractivity contribution in [2.24, 2.45) is 11.8 Å². The molecule has 0 saturated heterocycles. The molecule has 1 saturated carbocycles. The van der Waals surface area contributed by atoms with Crippen molar-refractivity contribution in [3.05, 3.63) is 18.2 Å². The lowest BCUT2D eigenvalue weighted by molar-refractivity contribution is 0.0506. The number of aromatic nitrogens is 2. The maximum atomic E-state index is 11.8. The van der Waals surface area contributed by atoms with Crippen molar-refractivity contribution in [2.75, 3.05) is 0 Å². The summed E-state index contributed by atoms with van der Waals surface area (Å²) < 4.78 is 7.41. The van der Waals surface area contributed by atoms with Crippen LogP contribution in [0.4, 0.5) is 4.79 Å². The van der Waals surface area contributed by atoms with Gasteiger partial charge in [-0.05, 0) is 46.0 Å². The quantitative estimate of drug-likeness (QED) is 0.921. The first kappa shape index (κ1) is 14.9. The minimum atomic E-state index is -0.479. The number of carbonyl (C=O) groups is 1. The van der Waals surface area contributed by atoms with Gasteiger partial charge in [-0.2, -0.15) is 0 Å². The summed E-state index contributed by atoms with van der Waals surface area (Å²) in [5, 5.41) is 2.86. The average molecular weight is 279 g/mol. The molecule has 112 valence electrons. The van der Waals surface area contributed by atoms with Crippen LogP contribution >= 0.6 is 0 Å². The van der Waals surface area contributed by atoms with Gasteiger partial charge in [-0.1, -0.05) is 6.92 Å². The lowest BCUT2D eigenvalue weighted by atomic mass is 10.2. The highest BCUT2D eigenvalue weighted by Crippen LogP contribution is 2.39. The fourth-order valence-corrected chi connectivity index (χ4v) is 2.31. The SMILES string of the molecule is CC1CC1Cn1cncc1[C@H](C)NC(=O)OC(C)(C)C. The van der Waals surface area contributed by atoms with Crippen LogP contribution in [0.1, 0.15) is 52.8 Å². The second-order valence-corrected chi connectivity index (χ2v) is 6.81. The van der Waals surface area contributed by atoms with Gasteiger partial charge in [0.15, 0.2) is 0 Å². The van der Waals surface area contributed by atoms with Crippen molar-refractivity contribution in [3.63, 3.8) is 0 Å². The molecule has 1 fully saturated rings. The molecule has 3 atom stereocenters. The molecule has 1 heterocycles. The van der Waals surface area contributed by atoms with E-state index in [1.807, 2.05) is 40.2 Å². The normalized spacial score (nSPS) is 23.2. The van der Waals surface area contributed by atoms with Gasteiger partial charge in [-0.15, -0.1) is 0 Å². The van der Waals surface area contributed by atoms with Crippen LogP contribution in [-0.2, 0) is 11.3 Å². The smallest absolute Gasteiger partial charge is 0.408 e. The highest BCUT2D eigenvalue weighted by Gasteiger charge is 2.33. The summed E-state index contributed by atoms with van der Waals surface area (Å²) in [6, 6.07) is -0.110. The number of carbonyl (C=O) groups excluding carboxylic acids is 1. The number of imidazole rings is 1. The van der Waals surface area contributed by atoms with Gasteiger partial charge in [0.1, 0.15) is 5.60 Å². The van der Waals surface area contributed by atoms with Crippen LogP contribution in [0.5, 0.6) is 0 Å². The topological polar surface area (TPSA) is 56.2 Å². The number of hydrogen-bond donors (Lipinski definition) is 1. The molecule has 0 aliphatic heterocycles. The van der Waals surface area contributed by atoms with Crippen LogP contribution in [0.3, 0.4) is 0 Å². The van der Waals surface area contributed by atoms with Gasteiger partial charge in [-0.25, -0.2) is 9.78 Å². The van der Waals surface area contributed by atoms with Crippen molar-refractivity contribution in [1.29, 1.82) is 0 Å². The second-order valence-electron chi connectivity index (χ2n) is 6.81. The standard InChI is InChI=1S/C15H25N3O2/c1-10-6-12(10)8-18-9-16-7-13(18)11(2)17-14(19)20-15(3,4)5/h7,9-12H,6,8H2,1-5H3,(H,17,19)/t10?,11-,12?/m0/s1.